The molecule has 0 saturated carbocycles. The Kier molecular flexibility index (Phi) is 4.46. The number of H-pyrrole nitrogens is 1. The topological polar surface area (TPSA) is 86.3 Å². The van der Waals surface area contributed by atoms with E-state index >= 15 is 0 Å². The highest BCUT2D eigenvalue weighted by atomic mass is 16.2. The number of hydrazone groups is 1. The van der Waals surface area contributed by atoms with Crippen LogP contribution in [0.5, 0.6) is 0 Å². The summed E-state index contributed by atoms with van der Waals surface area (Å²) in [5.41, 5.74) is 7.05. The van der Waals surface area contributed by atoms with Gasteiger partial charge >= 0.3 is 0 Å². The van der Waals surface area contributed by atoms with Crippen molar-refractivity contribution < 1.29 is 9.59 Å². The molecule has 0 spiro atoms. The van der Waals surface area contributed by atoms with Gasteiger partial charge in [-0.3, -0.25) is 9.59 Å². The number of rotatable bonds is 4. The average Bonchev–Trinajstić information content (AvgIpc) is 3.06. The number of aromatic amines is 1. The number of fused-ring (bicyclic) bond motifs is 1. The summed E-state index contributed by atoms with van der Waals surface area (Å²) in [6, 6.07) is 15.5. The van der Waals surface area contributed by atoms with Crippen LogP contribution in [0.25, 0.3) is 10.9 Å². The van der Waals surface area contributed by atoms with E-state index in [1.807, 2.05) is 61.7 Å². The van der Waals surface area contributed by atoms with Gasteiger partial charge in [0.2, 0.25) is 11.8 Å². The molecule has 4 rings (SSSR count). The molecule has 1 aliphatic rings. The Morgan fingerprint density at radius 1 is 1.19 bits per heavy atom. The lowest BCUT2D eigenvalue weighted by atomic mass is 9.94. The third kappa shape index (κ3) is 3.60. The van der Waals surface area contributed by atoms with Gasteiger partial charge in [-0.2, -0.15) is 5.10 Å². The number of nitrogens with one attached hydrogen (secondary N) is 3. The second-order valence-electron chi connectivity index (χ2n) is 6.80. The highest BCUT2D eigenvalue weighted by Crippen LogP contribution is 2.20. The Morgan fingerprint density at radius 2 is 1.96 bits per heavy atom. The number of benzene rings is 2. The molecule has 2 heterocycles. The first-order valence-electron chi connectivity index (χ1n) is 8.92. The van der Waals surface area contributed by atoms with Crippen LogP contribution >= 0.6 is 0 Å². The van der Waals surface area contributed by atoms with E-state index in [9.17, 15) is 9.59 Å². The Morgan fingerprint density at radius 3 is 2.74 bits per heavy atom. The predicted octanol–water partition coefficient (Wildman–Crippen LogP) is 3.21. The number of hydrogen-bond donors (Lipinski definition) is 3. The van der Waals surface area contributed by atoms with Gasteiger partial charge in [0.1, 0.15) is 0 Å². The number of nitrogens with zero attached hydrogens (tertiary/aromatic N) is 1. The number of carbonyl (C=O) groups excluding carboxylic acids is 2. The van der Waals surface area contributed by atoms with Gasteiger partial charge in [0.05, 0.1) is 12.1 Å². The molecule has 27 heavy (non-hydrogen) atoms. The summed E-state index contributed by atoms with van der Waals surface area (Å²) < 4.78 is 0. The average molecular weight is 360 g/mol. The van der Waals surface area contributed by atoms with Crippen LogP contribution in [0.4, 0.5) is 5.69 Å². The minimum atomic E-state index is -0.0665. The molecule has 3 aromatic rings. The highest BCUT2D eigenvalue weighted by molar-refractivity contribution is 6.06. The first-order valence-corrected chi connectivity index (χ1v) is 8.92. The van der Waals surface area contributed by atoms with E-state index in [2.05, 4.69) is 20.8 Å². The SMILES string of the molecule is CC1CC(=O)NN=C1c1ccc(NC(=O)Cc2c[nH]c3ccccc23)cc1. The zero-order chi connectivity index (χ0) is 18.8. The van der Waals surface area contributed by atoms with Crippen LogP contribution in [0.1, 0.15) is 24.5 Å². The summed E-state index contributed by atoms with van der Waals surface area (Å²) in [6.45, 7) is 1.98. The molecule has 1 atom stereocenters. The van der Waals surface area contributed by atoms with Crippen LogP contribution in [0.3, 0.4) is 0 Å². The molecule has 1 aliphatic heterocycles. The van der Waals surface area contributed by atoms with E-state index in [0.29, 0.717) is 12.8 Å². The van der Waals surface area contributed by atoms with Crippen molar-refractivity contribution in [3.05, 3.63) is 65.9 Å². The molecular weight excluding hydrogens is 340 g/mol. The van der Waals surface area contributed by atoms with Crippen LogP contribution in [0.15, 0.2) is 59.8 Å². The Hall–Kier alpha value is -3.41. The molecule has 0 aliphatic carbocycles. The van der Waals surface area contributed by atoms with Crippen molar-refractivity contribution >= 4 is 34.1 Å². The minimum Gasteiger partial charge on any atom is -0.361 e. The molecule has 0 bridgehead atoms. The molecule has 0 saturated heterocycles. The van der Waals surface area contributed by atoms with Crippen molar-refractivity contribution in [2.45, 2.75) is 19.8 Å². The fourth-order valence-electron chi connectivity index (χ4n) is 3.38. The number of para-hydroxylation sites is 1. The predicted molar refractivity (Wildman–Crippen MR) is 106 cm³/mol. The van der Waals surface area contributed by atoms with E-state index < -0.39 is 0 Å². The van der Waals surface area contributed by atoms with Crippen LogP contribution in [0.2, 0.25) is 0 Å². The lowest BCUT2D eigenvalue weighted by molar-refractivity contribution is -0.122. The van der Waals surface area contributed by atoms with Crippen molar-refractivity contribution in [2.75, 3.05) is 5.32 Å². The maximum absolute atomic E-state index is 12.4. The van der Waals surface area contributed by atoms with Gasteiger partial charge in [0.25, 0.3) is 0 Å². The van der Waals surface area contributed by atoms with Gasteiger partial charge in [0, 0.05) is 35.1 Å². The summed E-state index contributed by atoms with van der Waals surface area (Å²) >= 11 is 0. The van der Waals surface area contributed by atoms with Gasteiger partial charge in [-0.1, -0.05) is 37.3 Å². The van der Waals surface area contributed by atoms with Crippen molar-refractivity contribution in [3.8, 4) is 0 Å². The summed E-state index contributed by atoms with van der Waals surface area (Å²) in [6.07, 6.45) is 2.62. The van der Waals surface area contributed by atoms with E-state index in [-0.39, 0.29) is 17.7 Å². The van der Waals surface area contributed by atoms with Gasteiger partial charge < -0.3 is 10.3 Å². The Balaban J connectivity index is 1.44. The summed E-state index contributed by atoms with van der Waals surface area (Å²) in [4.78, 5) is 27.0. The van der Waals surface area contributed by atoms with E-state index in [1.165, 1.54) is 0 Å². The molecule has 6 nitrogen and oxygen atoms in total. The van der Waals surface area contributed by atoms with Crippen LogP contribution in [-0.4, -0.2) is 22.5 Å². The number of amides is 2. The molecule has 1 unspecified atom stereocenters. The van der Waals surface area contributed by atoms with E-state index in [1.54, 1.807) is 0 Å². The fraction of sp³-hybridized carbons (Fsp3) is 0.190. The number of carbonyl (C=O) groups is 2. The van der Waals surface area contributed by atoms with Crippen LogP contribution in [-0.2, 0) is 16.0 Å². The van der Waals surface area contributed by atoms with Gasteiger partial charge in [-0.15, -0.1) is 0 Å². The van der Waals surface area contributed by atoms with E-state index in [0.717, 1.165) is 33.4 Å². The van der Waals surface area contributed by atoms with Crippen molar-refractivity contribution in [1.29, 1.82) is 0 Å². The molecular formula is C21H20N4O2. The zero-order valence-electron chi connectivity index (χ0n) is 15.0. The molecule has 136 valence electrons. The Labute approximate surface area is 156 Å². The minimum absolute atomic E-state index is 0.0626. The van der Waals surface area contributed by atoms with Crippen molar-refractivity contribution in [2.24, 2.45) is 11.0 Å². The van der Waals surface area contributed by atoms with Gasteiger partial charge in [-0.05, 0) is 29.3 Å². The monoisotopic (exact) mass is 360 g/mol. The summed E-state index contributed by atoms with van der Waals surface area (Å²) in [5.74, 6) is -0.0587. The lowest BCUT2D eigenvalue weighted by Gasteiger charge is -2.19. The highest BCUT2D eigenvalue weighted by Gasteiger charge is 2.21. The van der Waals surface area contributed by atoms with Crippen LogP contribution < -0.4 is 10.7 Å². The van der Waals surface area contributed by atoms with Gasteiger partial charge in [0.15, 0.2) is 0 Å². The fourth-order valence-corrected chi connectivity index (χ4v) is 3.38. The first-order chi connectivity index (χ1) is 13.1. The first kappa shape index (κ1) is 17.0. The summed E-state index contributed by atoms with van der Waals surface area (Å²) in [7, 11) is 0. The molecule has 6 heteroatoms. The maximum atomic E-state index is 12.4. The van der Waals surface area contributed by atoms with Crippen LogP contribution in [0, 0.1) is 5.92 Å². The molecule has 0 fully saturated rings. The second-order valence-corrected chi connectivity index (χ2v) is 6.80. The molecule has 2 aromatic carbocycles. The largest absolute Gasteiger partial charge is 0.361 e. The lowest BCUT2D eigenvalue weighted by Crippen LogP contribution is -2.31. The molecule has 2 amide bonds. The smallest absolute Gasteiger partial charge is 0.240 e. The number of aromatic nitrogens is 1. The maximum Gasteiger partial charge on any atom is 0.240 e. The standard InChI is InChI=1S/C21H20N4O2/c1-13-10-20(27)24-25-21(13)14-6-8-16(9-7-14)23-19(26)11-15-12-22-18-5-3-2-4-17(15)18/h2-9,12-13,22H,10-11H2,1H3,(H,23,26)(H,24,27). The summed E-state index contributed by atoms with van der Waals surface area (Å²) in [5, 5.41) is 8.15. The third-order valence-electron chi connectivity index (χ3n) is 4.75. The van der Waals surface area contributed by atoms with Crippen molar-refractivity contribution in [1.82, 2.24) is 10.4 Å². The second kappa shape index (κ2) is 7.07. The third-order valence-corrected chi connectivity index (χ3v) is 4.75. The quantitative estimate of drug-likeness (QED) is 0.667. The zero-order valence-corrected chi connectivity index (χ0v) is 15.0. The Bertz CT molecular complexity index is 1030. The van der Waals surface area contributed by atoms with E-state index in [4.69, 9.17) is 0 Å². The molecule has 3 N–H and O–H groups in total. The number of hydrogen-bond acceptors (Lipinski definition) is 3. The number of anilines is 1. The van der Waals surface area contributed by atoms with Crippen molar-refractivity contribution in [3.63, 3.8) is 0 Å². The molecule has 1 aromatic heterocycles. The normalized spacial score (nSPS) is 16.7. The van der Waals surface area contributed by atoms with Gasteiger partial charge in [-0.25, -0.2) is 5.43 Å². The molecule has 0 radical (unpaired) electrons.